The highest BCUT2D eigenvalue weighted by atomic mass is 79.9. The van der Waals surface area contributed by atoms with Gasteiger partial charge in [-0.15, -0.1) is 0 Å². The molecule has 164 valence electrons. The second kappa shape index (κ2) is 7.90. The topological polar surface area (TPSA) is 58.2 Å². The first-order chi connectivity index (χ1) is 15.4. The molecule has 1 aliphatic rings. The van der Waals surface area contributed by atoms with Crippen molar-refractivity contribution in [2.45, 2.75) is 26.0 Å². The number of hydrogen-bond donors (Lipinski definition) is 0. The molecule has 1 aliphatic heterocycles. The maximum absolute atomic E-state index is 13.4. The van der Waals surface area contributed by atoms with Gasteiger partial charge in [-0.2, -0.15) is 0 Å². The molecule has 0 saturated carbocycles. The molecule has 0 spiro atoms. The Kier molecular flexibility index (Phi) is 5.18. The van der Waals surface area contributed by atoms with E-state index < -0.39 is 0 Å². The first-order valence-corrected chi connectivity index (χ1v) is 11.5. The van der Waals surface area contributed by atoms with E-state index in [1.807, 2.05) is 24.3 Å². The van der Waals surface area contributed by atoms with Gasteiger partial charge >= 0.3 is 5.69 Å². The largest absolute Gasteiger partial charge is 0.365 e. The summed E-state index contributed by atoms with van der Waals surface area (Å²) < 4.78 is 12.1. The Balaban J connectivity index is 1.92. The van der Waals surface area contributed by atoms with Crippen LogP contribution < -0.4 is 11.2 Å². The van der Waals surface area contributed by atoms with Gasteiger partial charge in [-0.3, -0.25) is 13.9 Å². The molecular weight excluding hydrogens is 470 g/mol. The highest BCUT2D eigenvalue weighted by Gasteiger charge is 2.33. The third kappa shape index (κ3) is 3.03. The Morgan fingerprint density at radius 2 is 1.75 bits per heavy atom. The standard InChI is InChI=1S/C25H24BrN3O3/c1-4-15-9-11-16(12-10-15)23-22-21-19(24(30)28(3)25(31)27(21)2)20(29(22)13-14-32-23)17-7-5-6-8-18(17)26/h5-12,23H,4,13-14H2,1-3H3. The van der Waals surface area contributed by atoms with E-state index in [9.17, 15) is 9.59 Å². The normalized spacial score (nSPS) is 15.8. The van der Waals surface area contributed by atoms with Crippen LogP contribution in [0.15, 0.2) is 62.6 Å². The van der Waals surface area contributed by atoms with Crippen molar-refractivity contribution in [3.05, 3.63) is 90.7 Å². The molecule has 32 heavy (non-hydrogen) atoms. The highest BCUT2D eigenvalue weighted by molar-refractivity contribution is 9.10. The predicted molar refractivity (Wildman–Crippen MR) is 129 cm³/mol. The SMILES string of the molecule is CCc1ccc(C2OCCn3c(-c4ccccc4Br)c4c(=O)n(C)c(=O)n(C)c4c32)cc1. The van der Waals surface area contributed by atoms with E-state index in [2.05, 4.69) is 51.7 Å². The van der Waals surface area contributed by atoms with Crippen LogP contribution in [0.2, 0.25) is 0 Å². The molecule has 0 bridgehead atoms. The number of aryl methyl sites for hydroxylation is 2. The molecule has 5 rings (SSSR count). The van der Waals surface area contributed by atoms with Crippen molar-refractivity contribution in [2.75, 3.05) is 6.61 Å². The van der Waals surface area contributed by atoms with Gasteiger partial charge < -0.3 is 9.30 Å². The Hall–Kier alpha value is -2.90. The zero-order valence-electron chi connectivity index (χ0n) is 18.3. The first-order valence-electron chi connectivity index (χ1n) is 10.7. The molecule has 0 N–H and O–H groups in total. The maximum atomic E-state index is 13.4. The predicted octanol–water partition coefficient (Wildman–Crippen LogP) is 4.15. The fraction of sp³-hybridized carbons (Fsp3) is 0.280. The molecule has 6 nitrogen and oxygen atoms in total. The number of hydrogen-bond acceptors (Lipinski definition) is 3. The number of benzene rings is 2. The van der Waals surface area contributed by atoms with Crippen LogP contribution >= 0.6 is 15.9 Å². The third-order valence-corrected chi connectivity index (χ3v) is 7.06. The summed E-state index contributed by atoms with van der Waals surface area (Å²) in [6.07, 6.45) is 0.591. The summed E-state index contributed by atoms with van der Waals surface area (Å²) in [6.45, 7) is 3.24. The van der Waals surface area contributed by atoms with Crippen LogP contribution in [0.5, 0.6) is 0 Å². The zero-order valence-corrected chi connectivity index (χ0v) is 19.8. The molecule has 0 amide bonds. The molecule has 0 radical (unpaired) electrons. The molecule has 0 fully saturated rings. The minimum Gasteiger partial charge on any atom is -0.365 e. The lowest BCUT2D eigenvalue weighted by molar-refractivity contribution is 0.0478. The fourth-order valence-corrected chi connectivity index (χ4v) is 5.17. The van der Waals surface area contributed by atoms with Crippen molar-refractivity contribution in [1.82, 2.24) is 13.7 Å². The van der Waals surface area contributed by atoms with Crippen molar-refractivity contribution in [3.63, 3.8) is 0 Å². The molecule has 2 aromatic carbocycles. The van der Waals surface area contributed by atoms with Crippen LogP contribution in [0.25, 0.3) is 22.2 Å². The van der Waals surface area contributed by atoms with Gasteiger partial charge in [0.25, 0.3) is 5.56 Å². The Morgan fingerprint density at radius 1 is 1.03 bits per heavy atom. The summed E-state index contributed by atoms with van der Waals surface area (Å²) >= 11 is 3.66. The number of ether oxygens (including phenoxy) is 1. The molecule has 2 aromatic heterocycles. The van der Waals surface area contributed by atoms with E-state index in [0.29, 0.717) is 24.1 Å². The molecule has 0 aliphatic carbocycles. The van der Waals surface area contributed by atoms with E-state index in [1.54, 1.807) is 11.6 Å². The Labute approximate surface area is 193 Å². The minimum atomic E-state index is -0.369. The van der Waals surface area contributed by atoms with E-state index >= 15 is 0 Å². The second-order valence-corrected chi connectivity index (χ2v) is 9.00. The van der Waals surface area contributed by atoms with Crippen LogP contribution in [0.4, 0.5) is 0 Å². The van der Waals surface area contributed by atoms with E-state index in [-0.39, 0.29) is 17.4 Å². The van der Waals surface area contributed by atoms with Crippen molar-refractivity contribution < 1.29 is 4.74 Å². The summed E-state index contributed by atoms with van der Waals surface area (Å²) in [5, 5.41) is 0.539. The lowest BCUT2D eigenvalue weighted by Crippen LogP contribution is -2.37. The van der Waals surface area contributed by atoms with Crippen molar-refractivity contribution >= 4 is 26.8 Å². The van der Waals surface area contributed by atoms with Crippen LogP contribution in [-0.2, 0) is 31.8 Å². The molecule has 1 unspecified atom stereocenters. The minimum absolute atomic E-state index is 0.296. The van der Waals surface area contributed by atoms with Gasteiger partial charge in [-0.1, -0.05) is 65.3 Å². The van der Waals surface area contributed by atoms with Gasteiger partial charge in [-0.25, -0.2) is 4.79 Å². The monoisotopic (exact) mass is 493 g/mol. The highest BCUT2D eigenvalue weighted by Crippen LogP contribution is 2.42. The lowest BCUT2D eigenvalue weighted by Gasteiger charge is -2.28. The Bertz CT molecular complexity index is 1460. The number of nitrogens with zero attached hydrogens (tertiary/aromatic N) is 3. The third-order valence-electron chi connectivity index (χ3n) is 6.37. The summed E-state index contributed by atoms with van der Waals surface area (Å²) in [5.74, 6) is 0. The summed E-state index contributed by atoms with van der Waals surface area (Å²) in [5.41, 5.74) is 4.83. The molecule has 4 aromatic rings. The molecule has 0 saturated heterocycles. The maximum Gasteiger partial charge on any atom is 0.331 e. The first kappa shape index (κ1) is 21.0. The van der Waals surface area contributed by atoms with Gasteiger partial charge in [0.1, 0.15) is 6.10 Å². The van der Waals surface area contributed by atoms with E-state index in [0.717, 1.165) is 33.4 Å². The van der Waals surface area contributed by atoms with Gasteiger partial charge in [-0.05, 0) is 23.6 Å². The summed E-state index contributed by atoms with van der Waals surface area (Å²) in [4.78, 5) is 26.3. The number of fused-ring (bicyclic) bond motifs is 3. The average Bonchev–Trinajstić information content (AvgIpc) is 3.17. The van der Waals surface area contributed by atoms with Gasteiger partial charge in [0.05, 0.1) is 28.9 Å². The van der Waals surface area contributed by atoms with Crippen LogP contribution in [0.3, 0.4) is 0 Å². The van der Waals surface area contributed by atoms with Crippen LogP contribution in [-0.4, -0.2) is 20.3 Å². The van der Waals surface area contributed by atoms with Crippen LogP contribution in [0.1, 0.15) is 29.8 Å². The number of rotatable bonds is 3. The molecular formula is C25H24BrN3O3. The van der Waals surface area contributed by atoms with Crippen LogP contribution in [0, 0.1) is 0 Å². The fourth-order valence-electron chi connectivity index (χ4n) is 4.70. The quantitative estimate of drug-likeness (QED) is 0.430. The van der Waals surface area contributed by atoms with Crippen molar-refractivity contribution in [1.29, 1.82) is 0 Å². The van der Waals surface area contributed by atoms with E-state index in [4.69, 9.17) is 4.74 Å². The van der Waals surface area contributed by atoms with Crippen molar-refractivity contribution in [2.24, 2.45) is 14.1 Å². The smallest absolute Gasteiger partial charge is 0.331 e. The Morgan fingerprint density at radius 3 is 2.44 bits per heavy atom. The van der Waals surface area contributed by atoms with Gasteiger partial charge in [0.15, 0.2) is 0 Å². The average molecular weight is 494 g/mol. The molecule has 3 heterocycles. The lowest BCUT2D eigenvalue weighted by atomic mass is 10.0. The van der Waals surface area contributed by atoms with E-state index in [1.165, 1.54) is 17.2 Å². The van der Waals surface area contributed by atoms with Crippen molar-refractivity contribution in [3.8, 4) is 11.3 Å². The summed E-state index contributed by atoms with van der Waals surface area (Å²) in [6, 6.07) is 16.2. The second-order valence-electron chi connectivity index (χ2n) is 8.14. The van der Waals surface area contributed by atoms with Gasteiger partial charge in [0, 0.05) is 30.7 Å². The number of halogens is 1. The molecule has 1 atom stereocenters. The number of aromatic nitrogens is 3. The zero-order chi connectivity index (χ0) is 22.6. The molecule has 7 heteroatoms. The van der Waals surface area contributed by atoms with Gasteiger partial charge in [0.2, 0.25) is 0 Å². The summed E-state index contributed by atoms with van der Waals surface area (Å²) in [7, 11) is 3.25.